The quantitative estimate of drug-likeness (QED) is 0.868. The number of halogens is 2. The van der Waals surface area contributed by atoms with E-state index >= 15 is 0 Å². The number of rotatable bonds is 5. The highest BCUT2D eigenvalue weighted by Gasteiger charge is 2.12. The molecule has 2 aromatic rings. The lowest BCUT2D eigenvalue weighted by atomic mass is 10.2. The lowest BCUT2D eigenvalue weighted by Crippen LogP contribution is -2.19. The van der Waals surface area contributed by atoms with E-state index in [0.717, 1.165) is 29.2 Å². The zero-order valence-corrected chi connectivity index (χ0v) is 12.5. The van der Waals surface area contributed by atoms with Crippen LogP contribution in [0.4, 0.5) is 4.39 Å². The monoisotopic (exact) mass is 298 g/mol. The molecular formula is C14H16ClFN2S. The predicted octanol–water partition coefficient (Wildman–Crippen LogP) is 4.66. The summed E-state index contributed by atoms with van der Waals surface area (Å²) in [7, 11) is 0. The summed E-state index contributed by atoms with van der Waals surface area (Å²) < 4.78 is 13.0. The van der Waals surface area contributed by atoms with Crippen LogP contribution in [0.1, 0.15) is 32.0 Å². The van der Waals surface area contributed by atoms with E-state index in [1.165, 1.54) is 23.5 Å². The first kappa shape index (κ1) is 14.4. The number of thiazole rings is 1. The van der Waals surface area contributed by atoms with Crippen LogP contribution in [-0.2, 0) is 0 Å². The minimum Gasteiger partial charge on any atom is -0.309 e. The topological polar surface area (TPSA) is 24.9 Å². The Morgan fingerprint density at radius 3 is 2.95 bits per heavy atom. The summed E-state index contributed by atoms with van der Waals surface area (Å²) in [5, 5.41) is 6.63. The molecule has 19 heavy (non-hydrogen) atoms. The van der Waals surface area contributed by atoms with Crippen LogP contribution in [0, 0.1) is 5.82 Å². The number of nitrogens with one attached hydrogen (secondary N) is 1. The van der Waals surface area contributed by atoms with Gasteiger partial charge >= 0.3 is 0 Å². The number of nitrogens with zero attached hydrogens (tertiary/aromatic N) is 1. The summed E-state index contributed by atoms with van der Waals surface area (Å²) >= 11 is 7.57. The molecule has 0 amide bonds. The first-order chi connectivity index (χ1) is 9.11. The molecule has 1 atom stereocenters. The Labute approximate surface area is 121 Å². The maximum atomic E-state index is 13.0. The van der Waals surface area contributed by atoms with Crippen LogP contribution in [0.3, 0.4) is 0 Å². The van der Waals surface area contributed by atoms with E-state index < -0.39 is 0 Å². The summed E-state index contributed by atoms with van der Waals surface area (Å²) in [6.45, 7) is 5.18. The molecule has 0 spiro atoms. The zero-order valence-electron chi connectivity index (χ0n) is 10.9. The zero-order chi connectivity index (χ0) is 13.8. The van der Waals surface area contributed by atoms with Crippen molar-refractivity contribution < 1.29 is 4.39 Å². The molecule has 0 aliphatic heterocycles. The Hall–Kier alpha value is -0.970. The van der Waals surface area contributed by atoms with E-state index in [-0.39, 0.29) is 11.9 Å². The first-order valence-electron chi connectivity index (χ1n) is 6.26. The van der Waals surface area contributed by atoms with Crippen molar-refractivity contribution in [2.24, 2.45) is 0 Å². The number of aromatic nitrogens is 1. The highest BCUT2D eigenvalue weighted by molar-refractivity contribution is 7.13. The van der Waals surface area contributed by atoms with E-state index in [1.807, 2.05) is 5.38 Å². The van der Waals surface area contributed by atoms with Crippen molar-refractivity contribution >= 4 is 22.9 Å². The van der Waals surface area contributed by atoms with Gasteiger partial charge in [-0.1, -0.05) is 18.5 Å². The van der Waals surface area contributed by atoms with Crippen LogP contribution < -0.4 is 5.32 Å². The van der Waals surface area contributed by atoms with Gasteiger partial charge in [-0.05, 0) is 38.1 Å². The second kappa shape index (κ2) is 6.46. The second-order valence-electron chi connectivity index (χ2n) is 4.38. The van der Waals surface area contributed by atoms with Gasteiger partial charge in [-0.3, -0.25) is 0 Å². The number of benzene rings is 1. The third kappa shape index (κ3) is 3.53. The molecule has 1 aromatic heterocycles. The first-order valence-corrected chi connectivity index (χ1v) is 7.51. The third-order valence-electron chi connectivity index (χ3n) is 2.83. The standard InChI is InChI=1S/C14H16ClFN2S/c1-3-6-17-9(2)13-8-19-14(18-13)11-5-4-10(16)7-12(11)15/h4-5,7-9,17H,3,6H2,1-2H3. The average Bonchev–Trinajstić information content (AvgIpc) is 2.85. The Kier molecular flexibility index (Phi) is 4.91. The van der Waals surface area contributed by atoms with Crippen LogP contribution >= 0.6 is 22.9 Å². The third-order valence-corrected chi connectivity index (χ3v) is 4.03. The van der Waals surface area contributed by atoms with E-state index in [1.54, 1.807) is 6.07 Å². The van der Waals surface area contributed by atoms with E-state index in [2.05, 4.69) is 24.1 Å². The number of hydrogen-bond acceptors (Lipinski definition) is 3. The molecule has 1 N–H and O–H groups in total. The van der Waals surface area contributed by atoms with E-state index in [9.17, 15) is 4.39 Å². The Morgan fingerprint density at radius 1 is 1.47 bits per heavy atom. The maximum Gasteiger partial charge on any atom is 0.125 e. The molecule has 0 radical (unpaired) electrons. The summed E-state index contributed by atoms with van der Waals surface area (Å²) in [4.78, 5) is 4.57. The normalized spacial score (nSPS) is 12.6. The highest BCUT2D eigenvalue weighted by Crippen LogP contribution is 2.32. The molecule has 0 fully saturated rings. The lowest BCUT2D eigenvalue weighted by Gasteiger charge is -2.09. The Balaban J connectivity index is 2.20. The molecule has 0 bridgehead atoms. The molecule has 1 unspecified atom stereocenters. The maximum absolute atomic E-state index is 13.0. The van der Waals surface area contributed by atoms with Crippen LogP contribution in [-0.4, -0.2) is 11.5 Å². The second-order valence-corrected chi connectivity index (χ2v) is 5.64. The molecule has 2 rings (SSSR count). The smallest absolute Gasteiger partial charge is 0.125 e. The summed E-state index contributed by atoms with van der Waals surface area (Å²) in [6, 6.07) is 4.60. The molecular weight excluding hydrogens is 283 g/mol. The summed E-state index contributed by atoms with van der Waals surface area (Å²) in [5.74, 6) is -0.330. The molecule has 0 saturated carbocycles. The van der Waals surface area contributed by atoms with Gasteiger partial charge in [0.25, 0.3) is 0 Å². The Bertz CT molecular complexity index is 556. The molecule has 2 nitrogen and oxygen atoms in total. The van der Waals surface area contributed by atoms with Gasteiger partial charge in [0, 0.05) is 17.0 Å². The lowest BCUT2D eigenvalue weighted by molar-refractivity contribution is 0.561. The predicted molar refractivity (Wildman–Crippen MR) is 79.2 cm³/mol. The van der Waals surface area contributed by atoms with Gasteiger partial charge in [-0.25, -0.2) is 9.37 Å². The largest absolute Gasteiger partial charge is 0.309 e. The fourth-order valence-electron chi connectivity index (χ4n) is 1.74. The molecule has 102 valence electrons. The molecule has 0 aliphatic rings. The van der Waals surface area contributed by atoms with E-state index in [0.29, 0.717) is 5.02 Å². The molecule has 1 heterocycles. The van der Waals surface area contributed by atoms with Gasteiger partial charge in [0.05, 0.1) is 10.7 Å². The molecule has 5 heteroatoms. The van der Waals surface area contributed by atoms with Crippen molar-refractivity contribution in [3.8, 4) is 10.6 Å². The highest BCUT2D eigenvalue weighted by atomic mass is 35.5. The fourth-order valence-corrected chi connectivity index (χ4v) is 3.00. The van der Waals surface area contributed by atoms with Crippen molar-refractivity contribution in [3.05, 3.63) is 40.1 Å². The van der Waals surface area contributed by atoms with Crippen molar-refractivity contribution in [2.45, 2.75) is 26.3 Å². The van der Waals surface area contributed by atoms with Crippen LogP contribution in [0.15, 0.2) is 23.6 Å². The van der Waals surface area contributed by atoms with Crippen molar-refractivity contribution in [1.29, 1.82) is 0 Å². The average molecular weight is 299 g/mol. The minimum absolute atomic E-state index is 0.212. The van der Waals surface area contributed by atoms with Gasteiger partial charge in [0.15, 0.2) is 0 Å². The Morgan fingerprint density at radius 2 is 2.26 bits per heavy atom. The molecule has 1 aromatic carbocycles. The van der Waals surface area contributed by atoms with Crippen molar-refractivity contribution in [3.63, 3.8) is 0 Å². The van der Waals surface area contributed by atoms with Crippen molar-refractivity contribution in [1.82, 2.24) is 10.3 Å². The van der Waals surface area contributed by atoms with Gasteiger partial charge in [-0.15, -0.1) is 11.3 Å². The number of hydrogen-bond donors (Lipinski definition) is 1. The van der Waals surface area contributed by atoms with Gasteiger partial charge in [0.1, 0.15) is 10.8 Å². The van der Waals surface area contributed by atoms with Crippen LogP contribution in [0.25, 0.3) is 10.6 Å². The fraction of sp³-hybridized carbons (Fsp3) is 0.357. The summed E-state index contributed by atoms with van der Waals surface area (Å²) in [5.41, 5.74) is 1.77. The molecule has 0 saturated heterocycles. The van der Waals surface area contributed by atoms with Crippen LogP contribution in [0.5, 0.6) is 0 Å². The van der Waals surface area contributed by atoms with Gasteiger partial charge < -0.3 is 5.32 Å². The van der Waals surface area contributed by atoms with Crippen molar-refractivity contribution in [2.75, 3.05) is 6.54 Å². The molecule has 0 aliphatic carbocycles. The SMILES string of the molecule is CCCNC(C)c1csc(-c2ccc(F)cc2Cl)n1. The van der Waals surface area contributed by atoms with Gasteiger partial charge in [-0.2, -0.15) is 0 Å². The minimum atomic E-state index is -0.330. The summed E-state index contributed by atoms with van der Waals surface area (Å²) in [6.07, 6.45) is 1.09. The van der Waals surface area contributed by atoms with Gasteiger partial charge in [0.2, 0.25) is 0 Å². The van der Waals surface area contributed by atoms with Crippen LogP contribution in [0.2, 0.25) is 5.02 Å². The van der Waals surface area contributed by atoms with E-state index in [4.69, 9.17) is 11.6 Å².